The molecule has 3 heteroatoms. The monoisotopic (exact) mass is 141 g/mol. The van der Waals surface area contributed by atoms with Crippen molar-refractivity contribution in [2.75, 3.05) is 6.61 Å². The maximum Gasteiger partial charge on any atom is 0.309 e. The predicted octanol–water partition coefficient (Wildman–Crippen LogP) is 0.526. The number of hydrogen-bond donors (Lipinski definition) is 0. The molecule has 1 unspecified atom stereocenters. The van der Waals surface area contributed by atoms with Gasteiger partial charge in [0.1, 0.15) is 0 Å². The molecule has 0 aliphatic carbocycles. The van der Waals surface area contributed by atoms with Crippen LogP contribution in [0.25, 0.3) is 0 Å². The number of hydrogen-bond acceptors (Lipinski definition) is 2. The normalized spacial score (nSPS) is 26.3. The Balaban J connectivity index is 2.31. The second kappa shape index (κ2) is 3.01. The molecule has 1 aliphatic rings. The summed E-state index contributed by atoms with van der Waals surface area (Å²) in [5, 5.41) is 0. The third-order valence-electron chi connectivity index (χ3n) is 1.54. The van der Waals surface area contributed by atoms with E-state index in [1.165, 1.54) is 0 Å². The van der Waals surface area contributed by atoms with Crippen molar-refractivity contribution >= 4 is 16.2 Å². The van der Waals surface area contributed by atoms with Crippen LogP contribution < -0.4 is 0 Å². The fourth-order valence-electron chi connectivity index (χ4n) is 0.974. The van der Waals surface area contributed by atoms with Crippen LogP contribution in [0.3, 0.4) is 0 Å². The van der Waals surface area contributed by atoms with Gasteiger partial charge in [0.2, 0.25) is 0 Å². The summed E-state index contributed by atoms with van der Waals surface area (Å²) in [6.45, 7) is 0.621. The van der Waals surface area contributed by atoms with Gasteiger partial charge in [-0.1, -0.05) is 6.04 Å². The summed E-state index contributed by atoms with van der Waals surface area (Å²) in [4.78, 5) is 10.7. The summed E-state index contributed by atoms with van der Waals surface area (Å²) >= 11 is 0. The van der Waals surface area contributed by atoms with Gasteiger partial charge < -0.3 is 4.74 Å². The number of rotatable bonds is 2. The van der Waals surface area contributed by atoms with Crippen LogP contribution in [0.1, 0.15) is 12.8 Å². The maximum absolute atomic E-state index is 10.7. The molecule has 2 nitrogen and oxygen atoms in total. The summed E-state index contributed by atoms with van der Waals surface area (Å²) in [5.74, 6) is 0.149. The minimum absolute atomic E-state index is 0.0201. The van der Waals surface area contributed by atoms with Crippen LogP contribution >= 0.6 is 0 Å². The third kappa shape index (κ3) is 1.54. The molecule has 0 spiro atoms. The van der Waals surface area contributed by atoms with E-state index in [0.29, 0.717) is 6.61 Å². The Labute approximate surface area is 58.0 Å². The van der Waals surface area contributed by atoms with Crippen LogP contribution in [0.4, 0.5) is 0 Å². The summed E-state index contributed by atoms with van der Waals surface area (Å²) in [6, 6.07) is 0.889. The molecule has 9 heavy (non-hydrogen) atoms. The van der Waals surface area contributed by atoms with Crippen LogP contribution in [-0.4, -0.2) is 22.8 Å². The van der Waals surface area contributed by atoms with E-state index in [2.05, 4.69) is 10.2 Å². The second-order valence-electron chi connectivity index (χ2n) is 2.19. The molecular weight excluding hydrogens is 132 g/mol. The van der Waals surface area contributed by atoms with E-state index in [1.807, 2.05) is 0 Å². The van der Waals surface area contributed by atoms with E-state index in [4.69, 9.17) is 4.74 Å². The molecule has 0 N–H and O–H groups in total. The Kier molecular flexibility index (Phi) is 2.27. The van der Waals surface area contributed by atoms with Crippen LogP contribution in [0.2, 0.25) is 6.04 Å². The van der Waals surface area contributed by atoms with E-state index in [1.54, 1.807) is 0 Å². The Morgan fingerprint density at radius 3 is 3.00 bits per heavy atom. The van der Waals surface area contributed by atoms with Crippen molar-refractivity contribution in [3.63, 3.8) is 0 Å². The highest BCUT2D eigenvalue weighted by atomic mass is 28.1. The summed E-state index contributed by atoms with van der Waals surface area (Å²) in [6.07, 6.45) is 1.82. The van der Waals surface area contributed by atoms with Gasteiger partial charge in [0.05, 0.1) is 12.5 Å². The highest BCUT2D eigenvalue weighted by Crippen LogP contribution is 2.18. The lowest BCUT2D eigenvalue weighted by Crippen LogP contribution is -2.06. The Morgan fingerprint density at radius 1 is 1.78 bits per heavy atom. The van der Waals surface area contributed by atoms with Crippen molar-refractivity contribution in [2.45, 2.75) is 18.9 Å². The molecular formula is C6H9O2Si. The Bertz CT molecular complexity index is 114. The highest BCUT2D eigenvalue weighted by molar-refractivity contribution is 6.08. The lowest BCUT2D eigenvalue weighted by atomic mass is 10.1. The smallest absolute Gasteiger partial charge is 0.309 e. The third-order valence-corrected chi connectivity index (χ3v) is 1.83. The van der Waals surface area contributed by atoms with Gasteiger partial charge >= 0.3 is 5.97 Å². The molecule has 0 saturated carbocycles. The first kappa shape index (κ1) is 6.80. The van der Waals surface area contributed by atoms with Gasteiger partial charge in [0, 0.05) is 10.2 Å². The molecule has 49 valence electrons. The van der Waals surface area contributed by atoms with Crippen molar-refractivity contribution in [2.24, 2.45) is 5.92 Å². The number of esters is 1. The van der Waals surface area contributed by atoms with Crippen molar-refractivity contribution in [3.8, 4) is 0 Å². The Hall–Kier alpha value is -0.313. The number of cyclic esters (lactones) is 1. The van der Waals surface area contributed by atoms with E-state index >= 15 is 0 Å². The predicted molar refractivity (Wildman–Crippen MR) is 34.2 cm³/mol. The minimum atomic E-state index is -0.0201. The van der Waals surface area contributed by atoms with Gasteiger partial charge in [0.15, 0.2) is 0 Å². The molecule has 0 bridgehead atoms. The van der Waals surface area contributed by atoms with Gasteiger partial charge in [-0.15, -0.1) is 0 Å². The minimum Gasteiger partial charge on any atom is -0.465 e. The molecule has 1 fully saturated rings. The van der Waals surface area contributed by atoms with Gasteiger partial charge in [-0.2, -0.15) is 0 Å². The van der Waals surface area contributed by atoms with Gasteiger partial charge in [-0.25, -0.2) is 0 Å². The quantitative estimate of drug-likeness (QED) is 0.414. The summed E-state index contributed by atoms with van der Waals surface area (Å²) in [5.41, 5.74) is 0. The fourth-order valence-corrected chi connectivity index (χ4v) is 1.32. The average Bonchev–Trinajstić information content (AvgIpc) is 2.18. The lowest BCUT2D eigenvalue weighted by Gasteiger charge is -1.99. The van der Waals surface area contributed by atoms with Gasteiger partial charge in [-0.3, -0.25) is 4.79 Å². The van der Waals surface area contributed by atoms with Crippen LogP contribution in [0, 0.1) is 5.92 Å². The first-order chi connectivity index (χ1) is 4.34. The molecule has 0 amide bonds. The topological polar surface area (TPSA) is 26.3 Å². The summed E-state index contributed by atoms with van der Waals surface area (Å²) in [7, 11) is 3.32. The van der Waals surface area contributed by atoms with E-state index < -0.39 is 0 Å². The van der Waals surface area contributed by atoms with Crippen molar-refractivity contribution < 1.29 is 9.53 Å². The average molecular weight is 141 g/mol. The van der Waals surface area contributed by atoms with Crippen molar-refractivity contribution in [1.29, 1.82) is 0 Å². The van der Waals surface area contributed by atoms with Crippen LogP contribution in [-0.2, 0) is 9.53 Å². The first-order valence-electron chi connectivity index (χ1n) is 3.16. The van der Waals surface area contributed by atoms with Crippen molar-refractivity contribution in [3.05, 3.63) is 0 Å². The highest BCUT2D eigenvalue weighted by Gasteiger charge is 2.24. The zero-order valence-corrected chi connectivity index (χ0v) is 6.22. The molecule has 1 atom stereocenters. The van der Waals surface area contributed by atoms with Crippen molar-refractivity contribution in [1.82, 2.24) is 0 Å². The SMILES string of the molecule is O=C1OCCC1CC[Si]. The lowest BCUT2D eigenvalue weighted by molar-refractivity contribution is -0.141. The fraction of sp³-hybridized carbons (Fsp3) is 0.833. The number of ether oxygens (including phenoxy) is 1. The number of carbonyl (C=O) groups excluding carboxylic acids is 1. The van der Waals surface area contributed by atoms with Gasteiger partial charge in [-0.05, 0) is 12.8 Å². The zero-order chi connectivity index (χ0) is 6.69. The van der Waals surface area contributed by atoms with E-state index in [0.717, 1.165) is 18.9 Å². The largest absolute Gasteiger partial charge is 0.465 e. The van der Waals surface area contributed by atoms with Gasteiger partial charge in [0.25, 0.3) is 0 Å². The first-order valence-corrected chi connectivity index (χ1v) is 3.86. The zero-order valence-electron chi connectivity index (χ0n) is 5.22. The molecule has 1 saturated heterocycles. The Morgan fingerprint density at radius 2 is 2.56 bits per heavy atom. The molecule has 0 aromatic carbocycles. The second-order valence-corrected chi connectivity index (χ2v) is 2.69. The molecule has 1 heterocycles. The molecule has 0 aromatic rings. The molecule has 1 aliphatic heterocycles. The molecule has 1 rings (SSSR count). The maximum atomic E-state index is 10.7. The van der Waals surface area contributed by atoms with E-state index in [-0.39, 0.29) is 11.9 Å². The molecule has 3 radical (unpaired) electrons. The van der Waals surface area contributed by atoms with Crippen LogP contribution in [0.15, 0.2) is 0 Å². The van der Waals surface area contributed by atoms with Crippen LogP contribution in [0.5, 0.6) is 0 Å². The molecule has 0 aromatic heterocycles. The standard InChI is InChI=1S/C6H9O2Si/c7-6-5(2-4-9)1-3-8-6/h5H,1-4H2. The van der Waals surface area contributed by atoms with E-state index in [9.17, 15) is 4.79 Å². The number of carbonyl (C=O) groups is 1. The summed E-state index contributed by atoms with van der Waals surface area (Å²) < 4.78 is 4.76.